The third-order valence-electron chi connectivity index (χ3n) is 3.52. The van der Waals surface area contributed by atoms with E-state index in [4.69, 9.17) is 9.47 Å². The minimum Gasteiger partial charge on any atom is -0.444 e. The summed E-state index contributed by atoms with van der Waals surface area (Å²) >= 11 is 6.71. The summed E-state index contributed by atoms with van der Waals surface area (Å²) in [5.74, 6) is 0. The van der Waals surface area contributed by atoms with E-state index in [1.807, 2.05) is 90.9 Å². The molecule has 0 spiro atoms. The highest BCUT2D eigenvalue weighted by Crippen LogP contribution is 2.22. The van der Waals surface area contributed by atoms with Gasteiger partial charge in [0.05, 0.1) is 0 Å². The van der Waals surface area contributed by atoms with Gasteiger partial charge < -0.3 is 9.47 Å². The Kier molecular flexibility index (Phi) is 10.7. The Bertz CT molecular complexity index is 905. The number of rotatable bonds is 3. The Labute approximate surface area is 207 Å². The van der Waals surface area contributed by atoms with Crippen LogP contribution in [0.4, 0.5) is 21.0 Å². The zero-order valence-corrected chi connectivity index (χ0v) is 22.8. The normalized spacial score (nSPS) is 11.0. The van der Waals surface area contributed by atoms with Gasteiger partial charge in [-0.1, -0.05) is 44.0 Å². The van der Waals surface area contributed by atoms with E-state index in [1.54, 1.807) is 11.0 Å². The van der Waals surface area contributed by atoms with Crippen molar-refractivity contribution < 1.29 is 19.1 Å². The molecule has 2 rings (SSSR count). The van der Waals surface area contributed by atoms with Crippen molar-refractivity contribution in [1.82, 2.24) is 0 Å². The van der Waals surface area contributed by atoms with Gasteiger partial charge in [0.15, 0.2) is 0 Å². The molecule has 0 aliphatic carbocycles. The SMILES string of the molecule is CC(C)(C)OC(=O)Nc1cccc(Br)c1.CCN(C(=O)OC(C)(C)C)c1cccc(Br)c1. The molecular formula is C24H32Br2N2O4. The number of carbonyl (C=O) groups is 2. The van der Waals surface area contributed by atoms with E-state index in [2.05, 4.69) is 37.2 Å². The summed E-state index contributed by atoms with van der Waals surface area (Å²) in [6.45, 7) is 13.6. The zero-order valence-electron chi connectivity index (χ0n) is 19.7. The molecule has 176 valence electrons. The molecule has 32 heavy (non-hydrogen) atoms. The summed E-state index contributed by atoms with van der Waals surface area (Å²) in [6.07, 6.45) is -0.765. The number of halogens is 2. The van der Waals surface area contributed by atoms with E-state index in [0.717, 1.165) is 14.6 Å². The molecule has 0 saturated heterocycles. The number of carbonyl (C=O) groups excluding carboxylic acids is 2. The molecule has 0 saturated carbocycles. The van der Waals surface area contributed by atoms with Crippen molar-refractivity contribution in [2.24, 2.45) is 0 Å². The number of hydrogen-bond acceptors (Lipinski definition) is 4. The van der Waals surface area contributed by atoms with Gasteiger partial charge in [-0.25, -0.2) is 9.59 Å². The van der Waals surface area contributed by atoms with Crippen molar-refractivity contribution in [2.45, 2.75) is 59.7 Å². The fourth-order valence-electron chi connectivity index (χ4n) is 2.37. The Balaban J connectivity index is 0.000000323. The Morgan fingerprint density at radius 3 is 1.88 bits per heavy atom. The minimum absolute atomic E-state index is 0.321. The van der Waals surface area contributed by atoms with Crippen molar-refractivity contribution in [3.05, 3.63) is 57.5 Å². The number of amides is 2. The van der Waals surface area contributed by atoms with E-state index in [1.165, 1.54) is 0 Å². The van der Waals surface area contributed by atoms with Gasteiger partial charge in [0.1, 0.15) is 11.2 Å². The molecule has 0 unspecified atom stereocenters. The maximum absolute atomic E-state index is 12.0. The van der Waals surface area contributed by atoms with Gasteiger partial charge in [0, 0.05) is 26.9 Å². The summed E-state index contributed by atoms with van der Waals surface area (Å²) in [5, 5.41) is 2.65. The van der Waals surface area contributed by atoms with E-state index in [9.17, 15) is 9.59 Å². The molecule has 6 nitrogen and oxygen atoms in total. The van der Waals surface area contributed by atoms with Crippen molar-refractivity contribution >= 4 is 55.4 Å². The lowest BCUT2D eigenvalue weighted by Gasteiger charge is -2.26. The van der Waals surface area contributed by atoms with E-state index < -0.39 is 17.3 Å². The van der Waals surface area contributed by atoms with Crippen LogP contribution in [-0.4, -0.2) is 29.9 Å². The van der Waals surface area contributed by atoms with Crippen LogP contribution in [0.15, 0.2) is 57.5 Å². The van der Waals surface area contributed by atoms with Crippen molar-refractivity contribution in [3.8, 4) is 0 Å². The third-order valence-corrected chi connectivity index (χ3v) is 4.51. The van der Waals surface area contributed by atoms with Crippen LogP contribution in [0.25, 0.3) is 0 Å². The molecular weight excluding hydrogens is 540 g/mol. The Hall–Kier alpha value is -2.06. The molecule has 2 aromatic rings. The predicted octanol–water partition coefficient (Wildman–Crippen LogP) is 8.01. The molecule has 0 atom stereocenters. The van der Waals surface area contributed by atoms with Gasteiger partial charge in [0.25, 0.3) is 0 Å². The van der Waals surface area contributed by atoms with Gasteiger partial charge in [-0.05, 0) is 84.9 Å². The van der Waals surface area contributed by atoms with E-state index in [-0.39, 0.29) is 6.09 Å². The summed E-state index contributed by atoms with van der Waals surface area (Å²) in [5.41, 5.74) is 0.585. The van der Waals surface area contributed by atoms with Gasteiger partial charge in [0.2, 0.25) is 0 Å². The van der Waals surface area contributed by atoms with Crippen LogP contribution < -0.4 is 10.2 Å². The van der Waals surface area contributed by atoms with Crippen molar-refractivity contribution in [1.29, 1.82) is 0 Å². The fourth-order valence-corrected chi connectivity index (χ4v) is 3.15. The zero-order chi connectivity index (χ0) is 24.5. The van der Waals surface area contributed by atoms with Crippen molar-refractivity contribution in [3.63, 3.8) is 0 Å². The molecule has 8 heteroatoms. The van der Waals surface area contributed by atoms with E-state index in [0.29, 0.717) is 12.2 Å². The molecule has 0 radical (unpaired) electrons. The lowest BCUT2D eigenvalue weighted by Crippen LogP contribution is -2.36. The molecule has 2 aromatic carbocycles. The lowest BCUT2D eigenvalue weighted by atomic mass is 10.2. The average molecular weight is 572 g/mol. The Morgan fingerprint density at radius 2 is 1.41 bits per heavy atom. The predicted molar refractivity (Wildman–Crippen MR) is 137 cm³/mol. The number of hydrogen-bond donors (Lipinski definition) is 1. The molecule has 0 aliphatic rings. The number of ether oxygens (including phenoxy) is 2. The first-order chi connectivity index (χ1) is 14.7. The number of nitrogens with zero attached hydrogens (tertiary/aromatic N) is 1. The van der Waals surface area contributed by atoms with Gasteiger partial charge in [-0.15, -0.1) is 0 Å². The van der Waals surface area contributed by atoms with Crippen molar-refractivity contribution in [2.75, 3.05) is 16.8 Å². The third kappa shape index (κ3) is 11.5. The standard InChI is InChI=1S/C13H18BrNO2.C11H14BrNO2/c1-5-15(12(16)17-13(2,3)4)11-8-6-7-10(14)9-11;1-11(2,3)15-10(14)13-9-6-4-5-8(12)7-9/h6-9H,5H2,1-4H3;4-7H,1-3H3,(H,13,14). The maximum atomic E-state index is 12.0. The highest BCUT2D eigenvalue weighted by Gasteiger charge is 2.22. The molecule has 2 amide bonds. The summed E-state index contributed by atoms with van der Waals surface area (Å²) in [6, 6.07) is 14.9. The second kappa shape index (κ2) is 12.3. The summed E-state index contributed by atoms with van der Waals surface area (Å²) in [7, 11) is 0. The van der Waals surface area contributed by atoms with Gasteiger partial charge in [-0.2, -0.15) is 0 Å². The topological polar surface area (TPSA) is 67.9 Å². The van der Waals surface area contributed by atoms with Crippen LogP contribution in [0.2, 0.25) is 0 Å². The van der Waals surface area contributed by atoms with Crippen LogP contribution >= 0.6 is 31.9 Å². The second-order valence-corrected chi connectivity index (χ2v) is 10.7. The number of nitrogens with one attached hydrogen (secondary N) is 1. The smallest absolute Gasteiger partial charge is 0.414 e. The van der Waals surface area contributed by atoms with Gasteiger partial charge in [-0.3, -0.25) is 10.2 Å². The number of benzene rings is 2. The first-order valence-electron chi connectivity index (χ1n) is 10.2. The molecule has 0 fully saturated rings. The summed E-state index contributed by atoms with van der Waals surface area (Å²) in [4.78, 5) is 25.0. The van der Waals surface area contributed by atoms with E-state index >= 15 is 0 Å². The van der Waals surface area contributed by atoms with Crippen LogP contribution in [0.1, 0.15) is 48.5 Å². The minimum atomic E-state index is -0.476. The molecule has 1 N–H and O–H groups in total. The highest BCUT2D eigenvalue weighted by molar-refractivity contribution is 9.10. The quantitative estimate of drug-likeness (QED) is 0.405. The molecule has 0 aromatic heterocycles. The monoisotopic (exact) mass is 570 g/mol. The second-order valence-electron chi connectivity index (χ2n) is 8.84. The first-order valence-corrected chi connectivity index (χ1v) is 11.8. The molecule has 0 aliphatic heterocycles. The summed E-state index contributed by atoms with van der Waals surface area (Å²) < 4.78 is 12.3. The van der Waals surface area contributed by atoms with Gasteiger partial charge >= 0.3 is 12.2 Å². The lowest BCUT2D eigenvalue weighted by molar-refractivity contribution is 0.0580. The average Bonchev–Trinajstić information content (AvgIpc) is 2.59. The highest BCUT2D eigenvalue weighted by atomic mass is 79.9. The van der Waals surface area contributed by atoms with Crippen LogP contribution in [-0.2, 0) is 9.47 Å². The molecule has 0 bridgehead atoms. The first kappa shape index (κ1) is 28.0. The van der Waals surface area contributed by atoms with Crippen LogP contribution in [0.3, 0.4) is 0 Å². The van der Waals surface area contributed by atoms with Crippen LogP contribution in [0.5, 0.6) is 0 Å². The number of anilines is 2. The largest absolute Gasteiger partial charge is 0.444 e. The fraction of sp³-hybridized carbons (Fsp3) is 0.417. The maximum Gasteiger partial charge on any atom is 0.414 e. The molecule has 0 heterocycles. The Morgan fingerprint density at radius 1 is 0.875 bits per heavy atom. The van der Waals surface area contributed by atoms with Crippen LogP contribution in [0, 0.1) is 0 Å².